The van der Waals surface area contributed by atoms with Crippen molar-refractivity contribution in [3.63, 3.8) is 0 Å². The van der Waals surface area contributed by atoms with Crippen LogP contribution in [0, 0.1) is 15.4 Å². The highest BCUT2D eigenvalue weighted by Crippen LogP contribution is 2.20. The van der Waals surface area contributed by atoms with Crippen molar-refractivity contribution in [3.05, 3.63) is 15.1 Å². The third-order valence-electron chi connectivity index (χ3n) is 2.54. The number of aromatic nitrogens is 2. The molecule has 0 aliphatic rings. The van der Waals surface area contributed by atoms with Crippen molar-refractivity contribution in [2.45, 2.75) is 47.0 Å². The summed E-state index contributed by atoms with van der Waals surface area (Å²) in [6, 6.07) is 0. The summed E-state index contributed by atoms with van der Waals surface area (Å²) < 4.78 is 1.02. The fourth-order valence-corrected chi connectivity index (χ4v) is 2.08. The van der Waals surface area contributed by atoms with Crippen LogP contribution in [0.15, 0.2) is 0 Å². The zero-order chi connectivity index (χ0) is 13.0. The third-order valence-corrected chi connectivity index (χ3v) is 3.71. The Labute approximate surface area is 118 Å². The molecule has 0 spiro atoms. The molecule has 1 aromatic rings. The molecule has 4 heteroatoms. The van der Waals surface area contributed by atoms with Gasteiger partial charge in [0.1, 0.15) is 11.6 Å². The molecule has 0 aliphatic carbocycles. The van der Waals surface area contributed by atoms with E-state index in [1.54, 1.807) is 0 Å². The van der Waals surface area contributed by atoms with Crippen LogP contribution in [0.3, 0.4) is 0 Å². The maximum Gasteiger partial charge on any atom is 0.140 e. The molecule has 0 atom stereocenters. The summed E-state index contributed by atoms with van der Waals surface area (Å²) in [5.41, 5.74) is 7.05. The van der Waals surface area contributed by atoms with Gasteiger partial charge in [0.05, 0.1) is 9.26 Å². The minimum atomic E-state index is 0.593. The molecule has 0 bridgehead atoms. The van der Waals surface area contributed by atoms with Crippen LogP contribution in [0.25, 0.3) is 0 Å². The Kier molecular flexibility index (Phi) is 5.62. The molecule has 3 nitrogen and oxygen atoms in total. The van der Waals surface area contributed by atoms with Gasteiger partial charge in [-0.25, -0.2) is 9.97 Å². The lowest BCUT2D eigenvalue weighted by molar-refractivity contribution is 0.569. The van der Waals surface area contributed by atoms with Crippen molar-refractivity contribution in [1.82, 2.24) is 9.97 Å². The van der Waals surface area contributed by atoms with E-state index in [1.807, 2.05) is 0 Å². The van der Waals surface area contributed by atoms with Crippen LogP contribution in [0.4, 0.5) is 5.82 Å². The third kappa shape index (κ3) is 4.77. The molecule has 0 fully saturated rings. The van der Waals surface area contributed by atoms with E-state index in [4.69, 9.17) is 5.73 Å². The number of nitrogens with two attached hydrogens (primary N) is 1. The van der Waals surface area contributed by atoms with Crippen LogP contribution in [0.2, 0.25) is 0 Å². The minimum Gasteiger partial charge on any atom is -0.383 e. The van der Waals surface area contributed by atoms with E-state index in [0.717, 1.165) is 34.4 Å². The van der Waals surface area contributed by atoms with Crippen molar-refractivity contribution in [1.29, 1.82) is 0 Å². The van der Waals surface area contributed by atoms with Crippen LogP contribution in [-0.4, -0.2) is 9.97 Å². The van der Waals surface area contributed by atoms with Gasteiger partial charge in [-0.15, -0.1) is 0 Å². The van der Waals surface area contributed by atoms with Gasteiger partial charge in [-0.3, -0.25) is 0 Å². The number of rotatable bonds is 5. The number of nitrogens with zero attached hydrogens (tertiary/aromatic N) is 2. The maximum absolute atomic E-state index is 5.94. The lowest BCUT2D eigenvalue weighted by atomic mass is 10.1. The van der Waals surface area contributed by atoms with Gasteiger partial charge in [-0.1, -0.05) is 27.7 Å². The van der Waals surface area contributed by atoms with E-state index >= 15 is 0 Å². The SMILES string of the molecule is CC(C)CCc1nc(N)c(I)c(CC(C)C)n1. The average molecular weight is 347 g/mol. The van der Waals surface area contributed by atoms with E-state index in [1.165, 1.54) is 0 Å². The Balaban J connectivity index is 2.89. The second kappa shape index (κ2) is 6.52. The standard InChI is InChI=1S/C13H22IN3/c1-8(2)5-6-11-16-10(7-9(3)4)12(14)13(15)17-11/h8-9H,5-7H2,1-4H3,(H2,15,16,17). The molecule has 17 heavy (non-hydrogen) atoms. The molecule has 0 saturated heterocycles. The normalized spacial score (nSPS) is 11.5. The van der Waals surface area contributed by atoms with E-state index < -0.39 is 0 Å². The van der Waals surface area contributed by atoms with Gasteiger partial charge in [0.25, 0.3) is 0 Å². The molecule has 0 aromatic carbocycles. The van der Waals surface area contributed by atoms with Crippen LogP contribution < -0.4 is 5.73 Å². The predicted molar refractivity (Wildman–Crippen MR) is 80.9 cm³/mol. The second-order valence-electron chi connectivity index (χ2n) is 5.32. The van der Waals surface area contributed by atoms with Gasteiger partial charge >= 0.3 is 0 Å². The minimum absolute atomic E-state index is 0.593. The van der Waals surface area contributed by atoms with Crippen LogP contribution in [0.5, 0.6) is 0 Å². The van der Waals surface area contributed by atoms with Crippen molar-refractivity contribution >= 4 is 28.4 Å². The first-order valence-electron chi connectivity index (χ1n) is 6.21. The molecule has 0 amide bonds. The van der Waals surface area contributed by atoms with E-state index in [2.05, 4.69) is 60.3 Å². The van der Waals surface area contributed by atoms with Gasteiger partial charge in [-0.2, -0.15) is 0 Å². The Hall–Kier alpha value is -0.390. The zero-order valence-corrected chi connectivity index (χ0v) is 13.3. The molecule has 2 N–H and O–H groups in total. The molecule has 1 heterocycles. The zero-order valence-electron chi connectivity index (χ0n) is 11.1. The molecular formula is C13H22IN3. The summed E-state index contributed by atoms with van der Waals surface area (Å²) in [5.74, 6) is 2.80. The molecule has 0 unspecified atom stereocenters. The van der Waals surface area contributed by atoms with E-state index in [0.29, 0.717) is 17.7 Å². The topological polar surface area (TPSA) is 51.8 Å². The predicted octanol–water partition coefficient (Wildman–Crippen LogP) is 3.45. The maximum atomic E-state index is 5.94. The van der Waals surface area contributed by atoms with Gasteiger partial charge in [-0.05, 0) is 47.3 Å². The molecule has 0 aliphatic heterocycles. The summed E-state index contributed by atoms with van der Waals surface area (Å²) in [4.78, 5) is 9.02. The Bertz CT molecular complexity index is 375. The summed E-state index contributed by atoms with van der Waals surface area (Å²) in [6.07, 6.45) is 3.00. The molecule has 96 valence electrons. The number of hydrogen-bond donors (Lipinski definition) is 1. The number of hydrogen-bond acceptors (Lipinski definition) is 3. The van der Waals surface area contributed by atoms with Crippen LogP contribution in [0.1, 0.15) is 45.6 Å². The van der Waals surface area contributed by atoms with Gasteiger partial charge in [0.15, 0.2) is 0 Å². The van der Waals surface area contributed by atoms with Gasteiger partial charge in [0.2, 0.25) is 0 Å². The molecular weight excluding hydrogens is 325 g/mol. The monoisotopic (exact) mass is 347 g/mol. The summed E-state index contributed by atoms with van der Waals surface area (Å²) in [7, 11) is 0. The Morgan fingerprint density at radius 1 is 1.12 bits per heavy atom. The van der Waals surface area contributed by atoms with E-state index in [9.17, 15) is 0 Å². The largest absolute Gasteiger partial charge is 0.383 e. The molecule has 0 saturated carbocycles. The first kappa shape index (κ1) is 14.7. The summed E-state index contributed by atoms with van der Waals surface area (Å²) >= 11 is 2.25. The molecule has 0 radical (unpaired) electrons. The highest BCUT2D eigenvalue weighted by Gasteiger charge is 2.11. The molecule has 1 rings (SSSR count). The smallest absolute Gasteiger partial charge is 0.140 e. The van der Waals surface area contributed by atoms with Crippen LogP contribution >= 0.6 is 22.6 Å². The van der Waals surface area contributed by atoms with Gasteiger partial charge in [0, 0.05) is 6.42 Å². The first-order valence-corrected chi connectivity index (χ1v) is 7.28. The summed E-state index contributed by atoms with van der Waals surface area (Å²) in [6.45, 7) is 8.82. The van der Waals surface area contributed by atoms with E-state index in [-0.39, 0.29) is 0 Å². The highest BCUT2D eigenvalue weighted by atomic mass is 127. The summed E-state index contributed by atoms with van der Waals surface area (Å²) in [5, 5.41) is 0. The van der Waals surface area contributed by atoms with Gasteiger partial charge < -0.3 is 5.73 Å². The quantitative estimate of drug-likeness (QED) is 0.830. The average Bonchev–Trinajstić information content (AvgIpc) is 2.21. The van der Waals surface area contributed by atoms with Crippen molar-refractivity contribution < 1.29 is 0 Å². The highest BCUT2D eigenvalue weighted by molar-refractivity contribution is 14.1. The van der Waals surface area contributed by atoms with Crippen LogP contribution in [-0.2, 0) is 12.8 Å². The lowest BCUT2D eigenvalue weighted by Gasteiger charge is -2.11. The van der Waals surface area contributed by atoms with Crippen molar-refractivity contribution in [2.75, 3.05) is 5.73 Å². The fourth-order valence-electron chi connectivity index (χ4n) is 1.62. The molecule has 1 aromatic heterocycles. The number of anilines is 1. The fraction of sp³-hybridized carbons (Fsp3) is 0.692. The number of halogens is 1. The number of aryl methyl sites for hydroxylation is 1. The second-order valence-corrected chi connectivity index (χ2v) is 6.39. The Morgan fingerprint density at radius 3 is 2.29 bits per heavy atom. The lowest BCUT2D eigenvalue weighted by Crippen LogP contribution is -2.10. The Morgan fingerprint density at radius 2 is 1.76 bits per heavy atom. The number of nitrogen functional groups attached to an aromatic ring is 1. The van der Waals surface area contributed by atoms with Crippen molar-refractivity contribution in [2.24, 2.45) is 11.8 Å². The van der Waals surface area contributed by atoms with Crippen molar-refractivity contribution in [3.8, 4) is 0 Å². The first-order chi connectivity index (χ1) is 7.90.